The number of methoxy groups -OCH3 is 1. The fraction of sp³-hybridized carbons (Fsp3) is 0.417. The molecule has 0 radical (unpaired) electrons. The summed E-state index contributed by atoms with van der Waals surface area (Å²) < 4.78 is 30.7. The summed E-state index contributed by atoms with van der Waals surface area (Å²) in [5, 5.41) is 12.1. The maximum atomic E-state index is 13.3. The van der Waals surface area contributed by atoms with Crippen LogP contribution in [-0.2, 0) is 4.74 Å². The van der Waals surface area contributed by atoms with Gasteiger partial charge in [-0.2, -0.15) is 0 Å². The van der Waals surface area contributed by atoms with E-state index in [1.807, 2.05) is 0 Å². The molecular weight excluding hydrogens is 244 g/mol. The van der Waals surface area contributed by atoms with Crippen molar-refractivity contribution in [2.24, 2.45) is 0 Å². The van der Waals surface area contributed by atoms with E-state index in [1.165, 1.54) is 14.0 Å². The third-order valence-corrected chi connectivity index (χ3v) is 2.26. The van der Waals surface area contributed by atoms with Crippen LogP contribution in [0.25, 0.3) is 0 Å². The van der Waals surface area contributed by atoms with Gasteiger partial charge in [-0.15, -0.1) is 0 Å². The van der Waals surface area contributed by atoms with Crippen LogP contribution in [0, 0.1) is 11.6 Å². The summed E-state index contributed by atoms with van der Waals surface area (Å²) in [4.78, 5) is 11.6. The molecular formula is C12H15F2NO3. The van der Waals surface area contributed by atoms with Gasteiger partial charge < -0.3 is 15.2 Å². The molecule has 1 aromatic rings. The number of amides is 1. The van der Waals surface area contributed by atoms with Crippen molar-refractivity contribution in [2.75, 3.05) is 20.3 Å². The predicted molar refractivity (Wildman–Crippen MR) is 61.2 cm³/mol. The van der Waals surface area contributed by atoms with Gasteiger partial charge in [0.15, 0.2) is 0 Å². The zero-order valence-corrected chi connectivity index (χ0v) is 10.2. The Morgan fingerprint density at radius 3 is 2.72 bits per heavy atom. The number of nitrogens with one attached hydrogen (secondary N) is 1. The zero-order chi connectivity index (χ0) is 13.8. The van der Waals surface area contributed by atoms with E-state index in [4.69, 9.17) is 4.74 Å². The smallest absolute Gasteiger partial charge is 0.254 e. The monoisotopic (exact) mass is 259 g/mol. The molecule has 1 atom stereocenters. The van der Waals surface area contributed by atoms with E-state index in [9.17, 15) is 18.7 Å². The van der Waals surface area contributed by atoms with Crippen LogP contribution in [-0.4, -0.2) is 36.9 Å². The SMILES string of the molecule is COCC(C)(O)CNC(=O)c1ccc(F)cc1F. The molecule has 2 N–H and O–H groups in total. The number of carbonyl (C=O) groups excluding carboxylic acids is 1. The van der Waals surface area contributed by atoms with Gasteiger partial charge >= 0.3 is 0 Å². The van der Waals surface area contributed by atoms with E-state index in [0.717, 1.165) is 12.1 Å². The summed E-state index contributed by atoms with van der Waals surface area (Å²) in [6.45, 7) is 1.40. The molecule has 1 unspecified atom stereocenters. The summed E-state index contributed by atoms with van der Waals surface area (Å²) in [6, 6.07) is 2.67. The van der Waals surface area contributed by atoms with Crippen LogP contribution >= 0.6 is 0 Å². The Bertz CT molecular complexity index is 435. The maximum absolute atomic E-state index is 13.3. The summed E-state index contributed by atoms with van der Waals surface area (Å²) >= 11 is 0. The molecule has 1 amide bonds. The first-order chi connectivity index (χ1) is 8.35. The van der Waals surface area contributed by atoms with Crippen LogP contribution in [0.5, 0.6) is 0 Å². The Kier molecular flexibility index (Phi) is 4.75. The first-order valence-corrected chi connectivity index (χ1v) is 5.30. The molecule has 0 aliphatic rings. The molecule has 0 aliphatic heterocycles. The minimum atomic E-state index is -1.25. The fourth-order valence-corrected chi connectivity index (χ4v) is 1.40. The molecule has 0 aliphatic carbocycles. The minimum absolute atomic E-state index is 0.0270. The second-order valence-electron chi connectivity index (χ2n) is 4.24. The van der Waals surface area contributed by atoms with Crippen LogP contribution in [0.2, 0.25) is 0 Å². The van der Waals surface area contributed by atoms with Crippen LogP contribution in [0.15, 0.2) is 18.2 Å². The van der Waals surface area contributed by atoms with Gasteiger partial charge in [0.05, 0.1) is 12.2 Å². The maximum Gasteiger partial charge on any atom is 0.254 e. The van der Waals surface area contributed by atoms with Gasteiger partial charge in [0.2, 0.25) is 0 Å². The fourth-order valence-electron chi connectivity index (χ4n) is 1.40. The molecule has 100 valence electrons. The Morgan fingerprint density at radius 1 is 1.50 bits per heavy atom. The van der Waals surface area contributed by atoms with E-state index in [2.05, 4.69) is 5.32 Å². The molecule has 6 heteroatoms. The molecule has 18 heavy (non-hydrogen) atoms. The number of carbonyl (C=O) groups is 1. The van der Waals surface area contributed by atoms with Crippen LogP contribution in [0.4, 0.5) is 8.78 Å². The third kappa shape index (κ3) is 4.05. The summed E-state index contributed by atoms with van der Waals surface area (Å²) in [5.41, 5.74) is -1.52. The minimum Gasteiger partial charge on any atom is -0.386 e. The first-order valence-electron chi connectivity index (χ1n) is 5.30. The van der Waals surface area contributed by atoms with E-state index in [0.29, 0.717) is 6.07 Å². The lowest BCUT2D eigenvalue weighted by Gasteiger charge is -2.22. The number of hydrogen-bond acceptors (Lipinski definition) is 3. The van der Waals surface area contributed by atoms with Crippen molar-refractivity contribution >= 4 is 5.91 Å². The molecule has 1 rings (SSSR count). The molecule has 1 aromatic carbocycles. The summed E-state index contributed by atoms with van der Waals surface area (Å²) in [6.07, 6.45) is 0. The topological polar surface area (TPSA) is 58.6 Å². The van der Waals surface area contributed by atoms with Gasteiger partial charge in [0.25, 0.3) is 5.91 Å². The normalized spacial score (nSPS) is 14.1. The number of aliphatic hydroxyl groups is 1. The van der Waals surface area contributed by atoms with Gasteiger partial charge in [-0.05, 0) is 19.1 Å². The van der Waals surface area contributed by atoms with E-state index in [1.54, 1.807) is 0 Å². The van der Waals surface area contributed by atoms with Crippen molar-refractivity contribution in [3.05, 3.63) is 35.4 Å². The Labute approximate surface area is 104 Å². The lowest BCUT2D eigenvalue weighted by atomic mass is 10.1. The van der Waals surface area contributed by atoms with Crippen molar-refractivity contribution in [2.45, 2.75) is 12.5 Å². The largest absolute Gasteiger partial charge is 0.386 e. The van der Waals surface area contributed by atoms with Gasteiger partial charge in [-0.1, -0.05) is 0 Å². The Morgan fingerprint density at radius 2 is 2.17 bits per heavy atom. The highest BCUT2D eigenvalue weighted by Gasteiger charge is 2.22. The second kappa shape index (κ2) is 5.88. The highest BCUT2D eigenvalue weighted by molar-refractivity contribution is 5.94. The quantitative estimate of drug-likeness (QED) is 0.832. The molecule has 0 heterocycles. The van der Waals surface area contributed by atoms with Crippen molar-refractivity contribution in [1.29, 1.82) is 0 Å². The van der Waals surface area contributed by atoms with Crippen molar-refractivity contribution in [1.82, 2.24) is 5.32 Å². The Balaban J connectivity index is 2.66. The average molecular weight is 259 g/mol. The summed E-state index contributed by atoms with van der Waals surface area (Å²) in [7, 11) is 1.41. The van der Waals surface area contributed by atoms with Gasteiger partial charge in [-0.3, -0.25) is 4.79 Å². The Hall–Kier alpha value is -1.53. The third-order valence-electron chi connectivity index (χ3n) is 2.26. The van der Waals surface area contributed by atoms with Crippen molar-refractivity contribution < 1.29 is 23.4 Å². The highest BCUT2D eigenvalue weighted by atomic mass is 19.1. The molecule has 0 saturated carbocycles. The van der Waals surface area contributed by atoms with Crippen LogP contribution < -0.4 is 5.32 Å². The summed E-state index contributed by atoms with van der Waals surface area (Å²) in [5.74, 6) is -2.42. The van der Waals surface area contributed by atoms with Gasteiger partial charge in [0, 0.05) is 19.7 Å². The first kappa shape index (κ1) is 14.5. The lowest BCUT2D eigenvalue weighted by molar-refractivity contribution is -0.0147. The van der Waals surface area contributed by atoms with Gasteiger partial charge in [0.1, 0.15) is 17.2 Å². The standard InChI is InChI=1S/C12H15F2NO3/c1-12(17,7-18-2)6-15-11(16)9-4-3-8(13)5-10(9)14/h3-5,17H,6-7H2,1-2H3,(H,15,16). The van der Waals surface area contributed by atoms with Crippen molar-refractivity contribution in [3.8, 4) is 0 Å². The average Bonchev–Trinajstić information content (AvgIpc) is 2.26. The highest BCUT2D eigenvalue weighted by Crippen LogP contribution is 2.10. The number of benzene rings is 1. The van der Waals surface area contributed by atoms with Crippen LogP contribution in [0.3, 0.4) is 0 Å². The van der Waals surface area contributed by atoms with E-state index >= 15 is 0 Å². The number of rotatable bonds is 5. The van der Waals surface area contributed by atoms with Crippen molar-refractivity contribution in [3.63, 3.8) is 0 Å². The van der Waals surface area contributed by atoms with E-state index in [-0.39, 0.29) is 18.7 Å². The lowest BCUT2D eigenvalue weighted by Crippen LogP contribution is -2.43. The number of hydrogen-bond donors (Lipinski definition) is 2. The van der Waals surface area contributed by atoms with E-state index < -0.39 is 23.1 Å². The molecule has 0 bridgehead atoms. The molecule has 4 nitrogen and oxygen atoms in total. The van der Waals surface area contributed by atoms with Crippen LogP contribution in [0.1, 0.15) is 17.3 Å². The van der Waals surface area contributed by atoms with Gasteiger partial charge in [-0.25, -0.2) is 8.78 Å². The molecule has 0 fully saturated rings. The number of ether oxygens (including phenoxy) is 1. The zero-order valence-electron chi connectivity index (χ0n) is 10.2. The predicted octanol–water partition coefficient (Wildman–Crippen LogP) is 1.09. The molecule has 0 aromatic heterocycles. The molecule has 0 spiro atoms. The second-order valence-corrected chi connectivity index (χ2v) is 4.24. The number of halogens is 2. The molecule has 0 saturated heterocycles.